The third kappa shape index (κ3) is 4.04. The zero-order valence-electron chi connectivity index (χ0n) is 12.5. The first kappa shape index (κ1) is 15.5. The second-order valence-electron chi connectivity index (χ2n) is 4.85. The quantitative estimate of drug-likeness (QED) is 0.502. The highest BCUT2D eigenvalue weighted by molar-refractivity contribution is 7.99. The molecule has 0 saturated carbocycles. The van der Waals surface area contributed by atoms with Crippen LogP contribution in [-0.2, 0) is 6.54 Å². The molecule has 3 nitrogen and oxygen atoms in total. The van der Waals surface area contributed by atoms with E-state index in [1.54, 1.807) is 11.8 Å². The molecule has 0 aliphatic heterocycles. The lowest BCUT2D eigenvalue weighted by molar-refractivity contribution is 0.737. The predicted molar refractivity (Wildman–Crippen MR) is 87.7 cm³/mol. The largest absolute Gasteiger partial charge is 0.311 e. The SMILES string of the molecule is Cc1ccsc1CNCCSc1nc(C)c(C)c(C)n1. The molecule has 2 heterocycles. The lowest BCUT2D eigenvalue weighted by atomic mass is 10.2. The fourth-order valence-electron chi connectivity index (χ4n) is 1.81. The van der Waals surface area contributed by atoms with E-state index < -0.39 is 0 Å². The highest BCUT2D eigenvalue weighted by atomic mass is 32.2. The van der Waals surface area contributed by atoms with Gasteiger partial charge in [0.25, 0.3) is 0 Å². The highest BCUT2D eigenvalue weighted by Gasteiger charge is 2.05. The number of rotatable bonds is 6. The molecule has 2 aromatic rings. The summed E-state index contributed by atoms with van der Waals surface area (Å²) in [4.78, 5) is 10.5. The zero-order chi connectivity index (χ0) is 14.5. The summed E-state index contributed by atoms with van der Waals surface area (Å²) in [6.07, 6.45) is 0. The van der Waals surface area contributed by atoms with Gasteiger partial charge in [0.2, 0.25) is 0 Å². The molecule has 0 aliphatic carbocycles. The first-order chi connectivity index (χ1) is 9.58. The molecule has 0 saturated heterocycles. The molecule has 1 N–H and O–H groups in total. The van der Waals surface area contributed by atoms with Crippen molar-refractivity contribution in [2.75, 3.05) is 12.3 Å². The standard InChI is InChI=1S/C15H21N3S2/c1-10-5-7-19-14(10)9-16-6-8-20-15-17-12(3)11(2)13(4)18-15/h5,7,16H,6,8-9H2,1-4H3. The fourth-order valence-corrected chi connectivity index (χ4v) is 3.52. The summed E-state index contributed by atoms with van der Waals surface area (Å²) in [6.45, 7) is 10.3. The predicted octanol–water partition coefficient (Wildman–Crippen LogP) is 3.65. The molecular formula is C15H21N3S2. The Labute approximate surface area is 129 Å². The molecule has 0 atom stereocenters. The molecule has 0 fully saturated rings. The maximum Gasteiger partial charge on any atom is 0.188 e. The Morgan fingerprint density at radius 3 is 2.45 bits per heavy atom. The highest BCUT2D eigenvalue weighted by Crippen LogP contribution is 2.17. The number of thioether (sulfide) groups is 1. The van der Waals surface area contributed by atoms with Crippen molar-refractivity contribution in [2.24, 2.45) is 0 Å². The summed E-state index contributed by atoms with van der Waals surface area (Å²) in [5, 5.41) is 6.51. The van der Waals surface area contributed by atoms with Gasteiger partial charge in [0.15, 0.2) is 5.16 Å². The lowest BCUT2D eigenvalue weighted by Gasteiger charge is -2.07. The van der Waals surface area contributed by atoms with Gasteiger partial charge in [0.05, 0.1) is 0 Å². The van der Waals surface area contributed by atoms with Crippen molar-refractivity contribution in [1.29, 1.82) is 0 Å². The first-order valence-electron chi connectivity index (χ1n) is 6.76. The van der Waals surface area contributed by atoms with Crippen LogP contribution in [0.25, 0.3) is 0 Å². The van der Waals surface area contributed by atoms with Crippen LogP contribution >= 0.6 is 23.1 Å². The molecule has 0 bridgehead atoms. The summed E-state index contributed by atoms with van der Waals surface area (Å²) in [5.74, 6) is 0.992. The van der Waals surface area contributed by atoms with Gasteiger partial charge in [-0.3, -0.25) is 0 Å². The minimum Gasteiger partial charge on any atom is -0.311 e. The Morgan fingerprint density at radius 1 is 1.15 bits per heavy atom. The Bertz CT molecular complexity index is 555. The van der Waals surface area contributed by atoms with E-state index in [0.717, 1.165) is 35.4 Å². The summed E-state index contributed by atoms with van der Waals surface area (Å²) in [5.41, 5.74) is 4.74. The van der Waals surface area contributed by atoms with E-state index in [9.17, 15) is 0 Å². The Hall–Kier alpha value is -0.910. The molecule has 0 unspecified atom stereocenters. The monoisotopic (exact) mass is 307 g/mol. The molecule has 5 heteroatoms. The van der Waals surface area contributed by atoms with Crippen LogP contribution in [0.5, 0.6) is 0 Å². The van der Waals surface area contributed by atoms with Crippen LogP contribution in [0.4, 0.5) is 0 Å². The maximum absolute atomic E-state index is 4.52. The Balaban J connectivity index is 1.75. The molecule has 2 rings (SSSR count). The van der Waals surface area contributed by atoms with Gasteiger partial charge in [-0.1, -0.05) is 11.8 Å². The van der Waals surface area contributed by atoms with Crippen molar-refractivity contribution in [3.05, 3.63) is 38.8 Å². The minimum atomic E-state index is 0.889. The van der Waals surface area contributed by atoms with Gasteiger partial charge in [-0.25, -0.2) is 9.97 Å². The third-order valence-corrected chi connectivity index (χ3v) is 5.25. The minimum absolute atomic E-state index is 0.889. The smallest absolute Gasteiger partial charge is 0.188 e. The molecular weight excluding hydrogens is 286 g/mol. The molecule has 0 aromatic carbocycles. The molecule has 0 radical (unpaired) electrons. The normalized spacial score (nSPS) is 11.0. The van der Waals surface area contributed by atoms with Gasteiger partial charge in [0, 0.05) is 35.1 Å². The number of thiophene rings is 1. The topological polar surface area (TPSA) is 37.8 Å². The van der Waals surface area contributed by atoms with Gasteiger partial charge >= 0.3 is 0 Å². The number of aryl methyl sites for hydroxylation is 3. The number of hydrogen-bond acceptors (Lipinski definition) is 5. The first-order valence-corrected chi connectivity index (χ1v) is 8.62. The van der Waals surface area contributed by atoms with Crippen molar-refractivity contribution < 1.29 is 0 Å². The van der Waals surface area contributed by atoms with Crippen LogP contribution in [0.1, 0.15) is 27.4 Å². The second kappa shape index (κ2) is 7.20. The van der Waals surface area contributed by atoms with Gasteiger partial charge in [-0.15, -0.1) is 11.3 Å². The average Bonchev–Trinajstić information content (AvgIpc) is 2.81. The van der Waals surface area contributed by atoms with Crippen LogP contribution in [0.2, 0.25) is 0 Å². The molecule has 0 aliphatic rings. The Morgan fingerprint density at radius 2 is 1.85 bits per heavy atom. The van der Waals surface area contributed by atoms with Gasteiger partial charge in [-0.05, 0) is 50.3 Å². The van der Waals surface area contributed by atoms with E-state index >= 15 is 0 Å². The number of nitrogens with one attached hydrogen (secondary N) is 1. The number of nitrogens with zero attached hydrogens (tertiary/aromatic N) is 2. The van der Waals surface area contributed by atoms with E-state index in [4.69, 9.17) is 0 Å². The van der Waals surface area contributed by atoms with Crippen LogP contribution in [-0.4, -0.2) is 22.3 Å². The van der Waals surface area contributed by atoms with E-state index in [1.807, 2.05) is 25.2 Å². The molecule has 108 valence electrons. The van der Waals surface area contributed by atoms with Crippen molar-refractivity contribution in [1.82, 2.24) is 15.3 Å². The molecule has 20 heavy (non-hydrogen) atoms. The van der Waals surface area contributed by atoms with Crippen LogP contribution in [0.15, 0.2) is 16.6 Å². The van der Waals surface area contributed by atoms with Crippen LogP contribution < -0.4 is 5.32 Å². The van der Waals surface area contributed by atoms with Gasteiger partial charge < -0.3 is 5.32 Å². The zero-order valence-corrected chi connectivity index (χ0v) is 14.1. The van der Waals surface area contributed by atoms with E-state index in [0.29, 0.717) is 0 Å². The van der Waals surface area contributed by atoms with Gasteiger partial charge in [-0.2, -0.15) is 0 Å². The molecule has 0 spiro atoms. The molecule has 0 amide bonds. The van der Waals surface area contributed by atoms with Gasteiger partial charge in [0.1, 0.15) is 0 Å². The summed E-state index contributed by atoms with van der Waals surface area (Å²) in [7, 11) is 0. The summed E-state index contributed by atoms with van der Waals surface area (Å²) in [6, 6.07) is 2.17. The van der Waals surface area contributed by atoms with Crippen molar-refractivity contribution >= 4 is 23.1 Å². The van der Waals surface area contributed by atoms with Crippen LogP contribution in [0.3, 0.4) is 0 Å². The lowest BCUT2D eigenvalue weighted by Crippen LogP contribution is -2.16. The average molecular weight is 307 g/mol. The molecule has 2 aromatic heterocycles. The van der Waals surface area contributed by atoms with Crippen LogP contribution in [0, 0.1) is 27.7 Å². The van der Waals surface area contributed by atoms with E-state index in [-0.39, 0.29) is 0 Å². The Kier molecular flexibility index (Phi) is 5.57. The summed E-state index contributed by atoms with van der Waals surface area (Å²) < 4.78 is 0. The third-order valence-electron chi connectivity index (χ3n) is 3.38. The van der Waals surface area contributed by atoms with Crippen molar-refractivity contribution in [3.8, 4) is 0 Å². The second-order valence-corrected chi connectivity index (χ2v) is 6.92. The van der Waals surface area contributed by atoms with Crippen molar-refractivity contribution in [2.45, 2.75) is 39.4 Å². The number of hydrogen-bond donors (Lipinski definition) is 1. The summed E-state index contributed by atoms with van der Waals surface area (Å²) >= 11 is 3.53. The maximum atomic E-state index is 4.52. The van der Waals surface area contributed by atoms with E-state index in [2.05, 4.69) is 40.6 Å². The number of aromatic nitrogens is 2. The fraction of sp³-hybridized carbons (Fsp3) is 0.467. The van der Waals surface area contributed by atoms with Crippen molar-refractivity contribution in [3.63, 3.8) is 0 Å². The van der Waals surface area contributed by atoms with E-state index in [1.165, 1.54) is 16.0 Å².